The molecule has 0 radical (unpaired) electrons. The van der Waals surface area contributed by atoms with Crippen LogP contribution in [0.5, 0.6) is 0 Å². The van der Waals surface area contributed by atoms with Crippen LogP contribution in [0.1, 0.15) is 58.9 Å². The minimum atomic E-state index is -4.40. The molecular weight excluding hydrogens is 441 g/mol. The number of pyridine rings is 1. The van der Waals surface area contributed by atoms with E-state index in [0.29, 0.717) is 30.6 Å². The molecule has 1 fully saturated rings. The van der Waals surface area contributed by atoms with Gasteiger partial charge in [0.25, 0.3) is 5.91 Å². The summed E-state index contributed by atoms with van der Waals surface area (Å²) in [6.45, 7) is 6.70. The maximum absolute atomic E-state index is 13.8. The highest BCUT2D eigenvalue weighted by Crippen LogP contribution is 2.31. The lowest BCUT2D eigenvalue weighted by Crippen LogP contribution is -2.48. The summed E-state index contributed by atoms with van der Waals surface area (Å²) in [7, 11) is 0. The summed E-state index contributed by atoms with van der Waals surface area (Å²) in [5, 5.41) is 4.40. The number of piperidine rings is 1. The van der Waals surface area contributed by atoms with Gasteiger partial charge in [-0.1, -0.05) is 18.6 Å². The van der Waals surface area contributed by atoms with Gasteiger partial charge in [0.2, 0.25) is 0 Å². The highest BCUT2D eigenvalue weighted by molar-refractivity contribution is 5.98. The zero-order valence-corrected chi connectivity index (χ0v) is 19.6. The van der Waals surface area contributed by atoms with Crippen LogP contribution in [0.25, 0.3) is 5.69 Å². The number of benzene rings is 1. The van der Waals surface area contributed by atoms with Crippen LogP contribution in [-0.2, 0) is 12.6 Å². The zero-order chi connectivity index (χ0) is 24.5. The second-order valence-electron chi connectivity index (χ2n) is 9.24. The van der Waals surface area contributed by atoms with E-state index in [2.05, 4.69) is 17.0 Å². The van der Waals surface area contributed by atoms with Crippen molar-refractivity contribution in [1.82, 2.24) is 19.7 Å². The Labute approximate surface area is 197 Å². The Hall–Kier alpha value is -3.16. The number of likely N-dealkylation sites (tertiary alicyclic amines) is 1. The number of aryl methyl sites for hydroxylation is 3. The highest BCUT2D eigenvalue weighted by Gasteiger charge is 2.34. The van der Waals surface area contributed by atoms with Crippen molar-refractivity contribution >= 4 is 5.91 Å². The molecule has 3 heterocycles. The number of alkyl halides is 3. The smallest absolute Gasteiger partial charge is 0.335 e. The Kier molecular flexibility index (Phi) is 6.77. The van der Waals surface area contributed by atoms with Crippen LogP contribution in [-0.4, -0.2) is 38.2 Å². The predicted molar refractivity (Wildman–Crippen MR) is 124 cm³/mol. The van der Waals surface area contributed by atoms with Crippen LogP contribution in [0.2, 0.25) is 0 Å². The third-order valence-corrected chi connectivity index (χ3v) is 6.57. The van der Waals surface area contributed by atoms with Crippen LogP contribution in [0.15, 0.2) is 48.9 Å². The van der Waals surface area contributed by atoms with Gasteiger partial charge in [-0.15, -0.1) is 0 Å². The molecule has 0 spiro atoms. The molecule has 8 heteroatoms. The fraction of sp³-hybridized carbons (Fsp3) is 0.423. The number of halogens is 3. The van der Waals surface area contributed by atoms with E-state index in [9.17, 15) is 18.0 Å². The molecule has 1 aliphatic rings. The van der Waals surface area contributed by atoms with Crippen molar-refractivity contribution in [1.29, 1.82) is 0 Å². The second kappa shape index (κ2) is 9.60. The Morgan fingerprint density at radius 2 is 1.91 bits per heavy atom. The van der Waals surface area contributed by atoms with Crippen molar-refractivity contribution in [3.8, 4) is 5.69 Å². The molecule has 4 rings (SSSR count). The quantitative estimate of drug-likeness (QED) is 0.475. The Bertz CT molecular complexity index is 1150. The van der Waals surface area contributed by atoms with Gasteiger partial charge >= 0.3 is 6.18 Å². The van der Waals surface area contributed by atoms with E-state index in [1.807, 2.05) is 43.1 Å². The summed E-state index contributed by atoms with van der Waals surface area (Å²) in [5.74, 6) is 0.246. The number of carbonyl (C=O) groups is 1. The summed E-state index contributed by atoms with van der Waals surface area (Å²) >= 11 is 0. The van der Waals surface area contributed by atoms with E-state index in [1.54, 1.807) is 10.9 Å². The molecule has 180 valence electrons. The molecule has 1 aromatic carbocycles. The molecule has 2 atom stereocenters. The van der Waals surface area contributed by atoms with E-state index in [0.717, 1.165) is 41.9 Å². The first-order valence-corrected chi connectivity index (χ1v) is 11.6. The fourth-order valence-corrected chi connectivity index (χ4v) is 4.70. The Morgan fingerprint density at radius 1 is 1.12 bits per heavy atom. The Morgan fingerprint density at radius 3 is 2.56 bits per heavy atom. The van der Waals surface area contributed by atoms with Crippen molar-refractivity contribution in [2.24, 2.45) is 5.92 Å². The highest BCUT2D eigenvalue weighted by atomic mass is 19.4. The summed E-state index contributed by atoms with van der Waals surface area (Å²) in [5.41, 5.74) is 3.19. The third-order valence-electron chi connectivity index (χ3n) is 6.57. The molecule has 0 bridgehead atoms. The minimum absolute atomic E-state index is 0.0157. The lowest BCUT2D eigenvalue weighted by atomic mass is 9.86. The number of rotatable bonds is 5. The minimum Gasteiger partial charge on any atom is -0.335 e. The number of amides is 1. The standard InChI is InChI=1S/C26H29F3N4O/c1-17-6-10-24(33-16-18(2)14-31-33)22(13-17)25(34)32-12-4-5-19(3)23(32)11-9-21-8-7-20(15-30-21)26(27,28)29/h6-8,10,13-16,19,23H,4-5,9,11-12H2,1-3H3/t19-,23-/m1/s1. The molecule has 34 heavy (non-hydrogen) atoms. The first kappa shape index (κ1) is 24.0. The van der Waals surface area contributed by atoms with Gasteiger partial charge < -0.3 is 4.90 Å². The fourth-order valence-electron chi connectivity index (χ4n) is 4.70. The van der Waals surface area contributed by atoms with Crippen LogP contribution in [0, 0.1) is 19.8 Å². The molecule has 0 saturated carbocycles. The largest absolute Gasteiger partial charge is 0.417 e. The lowest BCUT2D eigenvalue weighted by molar-refractivity contribution is -0.137. The summed E-state index contributed by atoms with van der Waals surface area (Å²) in [6, 6.07) is 8.28. The lowest BCUT2D eigenvalue weighted by Gasteiger charge is -2.40. The Balaban J connectivity index is 1.57. The molecule has 1 aliphatic heterocycles. The molecule has 5 nitrogen and oxygen atoms in total. The van der Waals surface area contributed by atoms with Gasteiger partial charge in [0.05, 0.1) is 23.0 Å². The average Bonchev–Trinajstić information content (AvgIpc) is 3.23. The monoisotopic (exact) mass is 470 g/mol. The molecule has 1 saturated heterocycles. The van der Waals surface area contributed by atoms with Crippen molar-refractivity contribution in [3.63, 3.8) is 0 Å². The summed E-state index contributed by atoms with van der Waals surface area (Å²) in [4.78, 5) is 19.8. The molecule has 0 aliphatic carbocycles. The van der Waals surface area contributed by atoms with Crippen LogP contribution in [0.3, 0.4) is 0 Å². The van der Waals surface area contributed by atoms with Crippen molar-refractivity contribution < 1.29 is 18.0 Å². The number of aromatic nitrogens is 3. The summed E-state index contributed by atoms with van der Waals surface area (Å²) in [6.07, 6.45) is 3.23. The number of hydrogen-bond acceptors (Lipinski definition) is 3. The van der Waals surface area contributed by atoms with E-state index >= 15 is 0 Å². The molecule has 2 aromatic heterocycles. The first-order valence-electron chi connectivity index (χ1n) is 11.6. The molecule has 0 unspecified atom stereocenters. The molecule has 3 aromatic rings. The maximum atomic E-state index is 13.8. The van der Waals surface area contributed by atoms with Gasteiger partial charge in [0.1, 0.15) is 0 Å². The average molecular weight is 471 g/mol. The van der Waals surface area contributed by atoms with Gasteiger partial charge in [0, 0.05) is 30.7 Å². The van der Waals surface area contributed by atoms with Crippen LogP contribution < -0.4 is 0 Å². The topological polar surface area (TPSA) is 51.0 Å². The van der Waals surface area contributed by atoms with E-state index in [-0.39, 0.29) is 17.9 Å². The maximum Gasteiger partial charge on any atom is 0.417 e. The third kappa shape index (κ3) is 5.16. The van der Waals surface area contributed by atoms with Crippen LogP contribution >= 0.6 is 0 Å². The number of nitrogens with zero attached hydrogens (tertiary/aromatic N) is 4. The second-order valence-corrected chi connectivity index (χ2v) is 9.24. The van der Waals surface area contributed by atoms with Gasteiger partial charge in [-0.3, -0.25) is 9.78 Å². The number of hydrogen-bond donors (Lipinski definition) is 0. The van der Waals surface area contributed by atoms with Crippen molar-refractivity contribution in [2.45, 2.75) is 58.7 Å². The van der Waals surface area contributed by atoms with E-state index in [4.69, 9.17) is 0 Å². The SMILES string of the molecule is Cc1ccc(-n2cc(C)cn2)c(C(=O)N2CCC[C@@H](C)[C@H]2CCc2ccc(C(F)(F)F)cn2)c1. The zero-order valence-electron chi connectivity index (χ0n) is 19.6. The molecular formula is C26H29F3N4O. The van der Waals surface area contributed by atoms with Gasteiger partial charge in [-0.2, -0.15) is 18.3 Å². The normalized spacial score (nSPS) is 18.8. The summed E-state index contributed by atoms with van der Waals surface area (Å²) < 4.78 is 40.3. The van der Waals surface area contributed by atoms with E-state index < -0.39 is 11.7 Å². The van der Waals surface area contributed by atoms with Crippen LogP contribution in [0.4, 0.5) is 13.2 Å². The van der Waals surface area contributed by atoms with Gasteiger partial charge in [-0.25, -0.2) is 4.68 Å². The van der Waals surface area contributed by atoms with Gasteiger partial charge in [0.15, 0.2) is 0 Å². The number of carbonyl (C=O) groups excluding carboxylic acids is 1. The first-order chi connectivity index (χ1) is 16.1. The van der Waals surface area contributed by atoms with Gasteiger partial charge in [-0.05, 0) is 75.3 Å². The molecule has 0 N–H and O–H groups in total. The predicted octanol–water partition coefficient (Wildman–Crippen LogP) is 5.78. The molecule has 1 amide bonds. The van der Waals surface area contributed by atoms with Crippen molar-refractivity contribution in [3.05, 3.63) is 76.9 Å². The van der Waals surface area contributed by atoms with E-state index in [1.165, 1.54) is 6.07 Å². The van der Waals surface area contributed by atoms with Crippen molar-refractivity contribution in [2.75, 3.05) is 6.54 Å².